The second kappa shape index (κ2) is 10.7. The number of aromatic nitrogens is 2. The van der Waals surface area contributed by atoms with Gasteiger partial charge in [-0.2, -0.15) is 9.78 Å². The summed E-state index contributed by atoms with van der Waals surface area (Å²) in [5.41, 5.74) is -0.863. The van der Waals surface area contributed by atoms with Crippen molar-refractivity contribution in [2.75, 3.05) is 26.3 Å². The summed E-state index contributed by atoms with van der Waals surface area (Å²) in [5.74, 6) is -1.27. The summed E-state index contributed by atoms with van der Waals surface area (Å²) in [6.07, 6.45) is 0. The lowest BCUT2D eigenvalue weighted by atomic mass is 10.1. The van der Waals surface area contributed by atoms with Crippen LogP contribution in [0.2, 0.25) is 0 Å². The van der Waals surface area contributed by atoms with E-state index in [4.69, 9.17) is 9.47 Å². The molecule has 0 saturated carbocycles. The molecular formula is C25H28FN5O7S. The van der Waals surface area contributed by atoms with E-state index in [0.29, 0.717) is 26.3 Å². The molecule has 0 radical (unpaired) electrons. The molecule has 2 heterocycles. The van der Waals surface area contributed by atoms with Gasteiger partial charge in [0.15, 0.2) is 5.69 Å². The van der Waals surface area contributed by atoms with Gasteiger partial charge in [-0.05, 0) is 52.0 Å². The molecule has 39 heavy (non-hydrogen) atoms. The van der Waals surface area contributed by atoms with E-state index >= 15 is 0 Å². The van der Waals surface area contributed by atoms with Crippen molar-refractivity contribution < 1.29 is 32.0 Å². The van der Waals surface area contributed by atoms with E-state index in [1.54, 1.807) is 38.7 Å². The summed E-state index contributed by atoms with van der Waals surface area (Å²) in [4.78, 5) is 25.1. The maximum atomic E-state index is 14.1. The maximum Gasteiger partial charge on any atom is 0.274 e. The predicted molar refractivity (Wildman–Crippen MR) is 138 cm³/mol. The zero-order valence-corrected chi connectivity index (χ0v) is 22.6. The first kappa shape index (κ1) is 28.1. The fourth-order valence-corrected chi connectivity index (χ4v) is 5.54. The molecule has 1 saturated heterocycles. The number of hydrogen-bond donors (Lipinski definition) is 1. The summed E-state index contributed by atoms with van der Waals surface area (Å²) >= 11 is 0. The Kier molecular flexibility index (Phi) is 7.73. The molecule has 0 bridgehead atoms. The third-order valence-corrected chi connectivity index (χ3v) is 7.48. The minimum Gasteiger partial charge on any atom is -0.437 e. The molecule has 0 spiro atoms. The van der Waals surface area contributed by atoms with Crippen LogP contribution < -0.4 is 9.46 Å². The van der Waals surface area contributed by atoms with Crippen molar-refractivity contribution in [1.82, 2.24) is 19.4 Å². The number of benzene rings is 2. The zero-order valence-electron chi connectivity index (χ0n) is 21.8. The molecule has 1 aromatic heterocycles. The molecule has 4 rings (SSSR count). The minimum atomic E-state index is -4.31. The zero-order chi connectivity index (χ0) is 28.5. The number of nitrogens with zero attached hydrogens (tertiary/aromatic N) is 4. The lowest BCUT2D eigenvalue weighted by molar-refractivity contribution is -0.385. The Bertz CT molecular complexity index is 1530. The van der Waals surface area contributed by atoms with Gasteiger partial charge in [-0.1, -0.05) is 6.07 Å². The molecule has 1 aliphatic rings. The lowest BCUT2D eigenvalue weighted by Crippen LogP contribution is -2.41. The van der Waals surface area contributed by atoms with Crippen molar-refractivity contribution in [3.8, 4) is 17.3 Å². The van der Waals surface area contributed by atoms with Gasteiger partial charge < -0.3 is 14.4 Å². The van der Waals surface area contributed by atoms with Crippen LogP contribution in [0.4, 0.5) is 10.1 Å². The molecule has 208 valence electrons. The number of sulfonamides is 1. The van der Waals surface area contributed by atoms with Gasteiger partial charge in [0, 0.05) is 36.3 Å². The molecule has 14 heteroatoms. The van der Waals surface area contributed by atoms with Gasteiger partial charge in [-0.15, -0.1) is 0 Å². The van der Waals surface area contributed by atoms with Gasteiger partial charge >= 0.3 is 0 Å². The third-order valence-electron chi connectivity index (χ3n) is 5.70. The Morgan fingerprint density at radius 2 is 1.87 bits per heavy atom. The molecule has 1 aliphatic heterocycles. The number of rotatable bonds is 7. The SMILES string of the molecule is Cc1c(C(=O)N2CCOCC2)nn(-c2cccc(F)c2)c1Oc1ccc([N+](=O)[O-])cc1S(=O)(=O)NC(C)(C)C. The number of amides is 1. The van der Waals surface area contributed by atoms with Crippen molar-refractivity contribution in [2.45, 2.75) is 38.1 Å². The van der Waals surface area contributed by atoms with Crippen LogP contribution in [0.3, 0.4) is 0 Å². The van der Waals surface area contributed by atoms with E-state index < -0.39 is 42.8 Å². The minimum absolute atomic E-state index is 0.0234. The summed E-state index contributed by atoms with van der Waals surface area (Å²) < 4.78 is 55.7. The standard InChI is InChI=1S/C25H28FN5O7S/c1-16-22(23(32)29-10-12-37-13-11-29)27-30(18-7-5-6-17(26)14-18)24(16)38-20-9-8-19(31(33)34)15-21(20)39(35,36)28-25(2,3)4/h5-9,14-15,28H,10-13H2,1-4H3. The molecular weight excluding hydrogens is 533 g/mol. The third kappa shape index (κ3) is 6.24. The summed E-state index contributed by atoms with van der Waals surface area (Å²) in [6, 6.07) is 8.55. The van der Waals surface area contributed by atoms with Crippen molar-refractivity contribution >= 4 is 21.6 Å². The van der Waals surface area contributed by atoms with Crippen molar-refractivity contribution in [3.05, 3.63) is 69.7 Å². The Balaban J connectivity index is 1.87. The van der Waals surface area contributed by atoms with Crippen LogP contribution in [0.25, 0.3) is 5.69 Å². The van der Waals surface area contributed by atoms with Crippen molar-refractivity contribution in [3.63, 3.8) is 0 Å². The highest BCUT2D eigenvalue weighted by Crippen LogP contribution is 2.36. The van der Waals surface area contributed by atoms with Crippen LogP contribution in [-0.4, -0.2) is 65.8 Å². The van der Waals surface area contributed by atoms with E-state index in [9.17, 15) is 27.7 Å². The Morgan fingerprint density at radius 3 is 2.49 bits per heavy atom. The smallest absolute Gasteiger partial charge is 0.274 e. The van der Waals surface area contributed by atoms with Gasteiger partial charge in [-0.25, -0.2) is 17.5 Å². The van der Waals surface area contributed by atoms with Crippen LogP contribution in [0, 0.1) is 22.9 Å². The normalized spacial score (nSPS) is 14.3. The lowest BCUT2D eigenvalue weighted by Gasteiger charge is -2.26. The van der Waals surface area contributed by atoms with E-state index in [2.05, 4.69) is 9.82 Å². The Hall–Kier alpha value is -3.88. The monoisotopic (exact) mass is 561 g/mol. The first-order valence-electron chi connectivity index (χ1n) is 12.0. The molecule has 3 aromatic rings. The van der Waals surface area contributed by atoms with Crippen LogP contribution in [0.1, 0.15) is 36.8 Å². The topological polar surface area (TPSA) is 146 Å². The average molecular weight is 562 g/mol. The average Bonchev–Trinajstić information content (AvgIpc) is 3.18. The van der Waals surface area contributed by atoms with E-state index in [-0.39, 0.29) is 28.6 Å². The van der Waals surface area contributed by atoms with Gasteiger partial charge in [0.1, 0.15) is 16.5 Å². The molecule has 0 aliphatic carbocycles. The number of ether oxygens (including phenoxy) is 2. The second-order valence-corrected chi connectivity index (χ2v) is 11.6. The molecule has 2 aromatic carbocycles. The highest BCUT2D eigenvalue weighted by Gasteiger charge is 2.31. The number of halogens is 1. The molecule has 1 fully saturated rings. The number of morpholine rings is 1. The molecule has 0 atom stereocenters. The molecule has 12 nitrogen and oxygen atoms in total. The van der Waals surface area contributed by atoms with Crippen LogP contribution >= 0.6 is 0 Å². The summed E-state index contributed by atoms with van der Waals surface area (Å²) in [7, 11) is -4.31. The van der Waals surface area contributed by atoms with Crippen molar-refractivity contribution in [2.24, 2.45) is 0 Å². The number of hydrogen-bond acceptors (Lipinski definition) is 8. The number of non-ortho nitro benzene ring substituents is 1. The highest BCUT2D eigenvalue weighted by atomic mass is 32.2. The molecule has 1 amide bonds. The second-order valence-electron chi connectivity index (χ2n) is 9.92. The van der Waals surface area contributed by atoms with Crippen LogP contribution in [0.5, 0.6) is 11.6 Å². The first-order chi connectivity index (χ1) is 18.3. The summed E-state index contributed by atoms with van der Waals surface area (Å²) in [6.45, 7) is 7.86. The van der Waals surface area contributed by atoms with E-state index in [1.165, 1.54) is 22.9 Å². The molecule has 1 N–H and O–H groups in total. The van der Waals surface area contributed by atoms with Crippen molar-refractivity contribution in [1.29, 1.82) is 0 Å². The summed E-state index contributed by atoms with van der Waals surface area (Å²) in [5, 5.41) is 15.8. The van der Waals surface area contributed by atoms with Gasteiger partial charge in [0.25, 0.3) is 11.6 Å². The Morgan fingerprint density at radius 1 is 1.18 bits per heavy atom. The Labute approximate surface area is 224 Å². The maximum absolute atomic E-state index is 14.1. The fourth-order valence-electron chi connectivity index (χ4n) is 3.97. The fraction of sp³-hybridized carbons (Fsp3) is 0.360. The predicted octanol–water partition coefficient (Wildman–Crippen LogP) is 3.57. The highest BCUT2D eigenvalue weighted by molar-refractivity contribution is 7.89. The van der Waals surface area contributed by atoms with Gasteiger partial charge in [-0.3, -0.25) is 14.9 Å². The van der Waals surface area contributed by atoms with E-state index in [1.807, 2.05) is 0 Å². The quantitative estimate of drug-likeness (QED) is 0.340. The first-order valence-corrected chi connectivity index (χ1v) is 13.5. The van der Waals surface area contributed by atoms with E-state index in [0.717, 1.165) is 18.2 Å². The largest absolute Gasteiger partial charge is 0.437 e. The van der Waals surface area contributed by atoms with Gasteiger partial charge in [0.05, 0.1) is 23.8 Å². The number of carbonyl (C=O) groups is 1. The number of nitro groups is 1. The molecule has 0 unspecified atom stereocenters. The number of carbonyl (C=O) groups excluding carboxylic acids is 1. The van der Waals surface area contributed by atoms with Crippen LogP contribution in [0.15, 0.2) is 47.4 Å². The van der Waals surface area contributed by atoms with Crippen LogP contribution in [-0.2, 0) is 14.8 Å². The number of nitro benzene ring substituents is 1. The van der Waals surface area contributed by atoms with Gasteiger partial charge in [0.2, 0.25) is 15.9 Å². The number of nitrogens with one attached hydrogen (secondary N) is 1.